The number of rotatable bonds is 4. The maximum Gasteiger partial charge on any atom is 0.131 e. The lowest BCUT2D eigenvalue weighted by Crippen LogP contribution is -2.07. The number of aryl methyl sites for hydroxylation is 2. The highest BCUT2D eigenvalue weighted by molar-refractivity contribution is 5.72. The van der Waals surface area contributed by atoms with Crippen molar-refractivity contribution in [2.24, 2.45) is 0 Å². The van der Waals surface area contributed by atoms with E-state index >= 15 is 0 Å². The molecule has 0 aliphatic carbocycles. The number of ether oxygens (including phenoxy) is 1. The van der Waals surface area contributed by atoms with Gasteiger partial charge < -0.3 is 15.0 Å². The fraction of sp³-hybridized carbons (Fsp3) is 0.357. The first-order chi connectivity index (χ1) is 8.67. The van der Waals surface area contributed by atoms with E-state index in [4.69, 9.17) is 4.74 Å². The summed E-state index contributed by atoms with van der Waals surface area (Å²) in [6.07, 6.45) is 1.72. The average molecular weight is 245 g/mol. The summed E-state index contributed by atoms with van der Waals surface area (Å²) >= 11 is 0. The fourth-order valence-corrected chi connectivity index (χ4v) is 2.27. The maximum atomic E-state index is 5.51. The monoisotopic (exact) mass is 245 g/mol. The molecule has 1 heterocycles. The van der Waals surface area contributed by atoms with Crippen LogP contribution >= 0.6 is 0 Å². The van der Waals surface area contributed by atoms with Crippen molar-refractivity contribution in [2.75, 3.05) is 14.2 Å². The van der Waals surface area contributed by atoms with E-state index in [0.29, 0.717) is 0 Å². The summed E-state index contributed by atoms with van der Waals surface area (Å²) in [6, 6.07) is 4.23. The molecule has 0 atom stereocenters. The topological polar surface area (TPSA) is 49.9 Å². The van der Waals surface area contributed by atoms with Gasteiger partial charge in [-0.25, -0.2) is 4.98 Å². The number of hydrogen-bond acceptors (Lipinski definition) is 3. The van der Waals surface area contributed by atoms with Crippen LogP contribution < -0.4 is 10.1 Å². The molecular formula is C14H19N3O. The van der Waals surface area contributed by atoms with Gasteiger partial charge in [0.05, 0.1) is 24.8 Å². The highest BCUT2D eigenvalue weighted by Gasteiger charge is 2.15. The van der Waals surface area contributed by atoms with Gasteiger partial charge in [0.1, 0.15) is 5.75 Å². The van der Waals surface area contributed by atoms with Crippen molar-refractivity contribution in [1.82, 2.24) is 15.3 Å². The van der Waals surface area contributed by atoms with Crippen LogP contribution in [0.2, 0.25) is 0 Å². The van der Waals surface area contributed by atoms with Crippen LogP contribution in [-0.2, 0) is 6.54 Å². The van der Waals surface area contributed by atoms with Crippen LogP contribution in [0, 0.1) is 13.8 Å². The van der Waals surface area contributed by atoms with Crippen LogP contribution in [0.25, 0.3) is 11.3 Å². The van der Waals surface area contributed by atoms with Gasteiger partial charge in [-0.3, -0.25) is 0 Å². The zero-order valence-electron chi connectivity index (χ0n) is 11.3. The molecule has 4 nitrogen and oxygen atoms in total. The predicted octanol–water partition coefficient (Wildman–Crippen LogP) is 2.42. The summed E-state index contributed by atoms with van der Waals surface area (Å²) in [5, 5.41) is 3.13. The molecule has 18 heavy (non-hydrogen) atoms. The van der Waals surface area contributed by atoms with Crippen molar-refractivity contribution in [2.45, 2.75) is 20.4 Å². The molecule has 0 radical (unpaired) electrons. The number of hydrogen-bond donors (Lipinski definition) is 2. The van der Waals surface area contributed by atoms with Gasteiger partial charge in [-0.15, -0.1) is 0 Å². The number of nitrogens with zero attached hydrogens (tertiary/aromatic N) is 1. The smallest absolute Gasteiger partial charge is 0.131 e. The summed E-state index contributed by atoms with van der Waals surface area (Å²) in [6.45, 7) is 4.89. The number of aromatic nitrogens is 2. The highest BCUT2D eigenvalue weighted by atomic mass is 16.5. The number of imidazole rings is 1. The van der Waals surface area contributed by atoms with Crippen LogP contribution in [0.3, 0.4) is 0 Å². The van der Waals surface area contributed by atoms with Gasteiger partial charge in [-0.1, -0.05) is 6.07 Å². The Morgan fingerprint density at radius 2 is 2.11 bits per heavy atom. The summed E-state index contributed by atoms with van der Waals surface area (Å²) < 4.78 is 5.51. The van der Waals surface area contributed by atoms with E-state index in [1.165, 1.54) is 5.56 Å². The van der Waals surface area contributed by atoms with Crippen LogP contribution in [0.5, 0.6) is 5.75 Å². The molecule has 0 aliphatic heterocycles. The second-order valence-electron chi connectivity index (χ2n) is 4.42. The van der Waals surface area contributed by atoms with E-state index in [2.05, 4.69) is 41.3 Å². The Labute approximate surface area is 107 Å². The van der Waals surface area contributed by atoms with Crippen molar-refractivity contribution in [3.8, 4) is 17.0 Å². The molecule has 4 heteroatoms. The second-order valence-corrected chi connectivity index (χ2v) is 4.42. The van der Waals surface area contributed by atoms with E-state index in [1.807, 2.05) is 7.05 Å². The third-order valence-corrected chi connectivity index (χ3v) is 2.95. The third-order valence-electron chi connectivity index (χ3n) is 2.95. The zero-order chi connectivity index (χ0) is 13.1. The molecule has 2 aromatic rings. The van der Waals surface area contributed by atoms with Gasteiger partial charge in [0.25, 0.3) is 0 Å². The zero-order valence-corrected chi connectivity index (χ0v) is 11.3. The minimum atomic E-state index is 0.755. The lowest BCUT2D eigenvalue weighted by molar-refractivity contribution is 0.413. The molecule has 1 aromatic heterocycles. The first-order valence-corrected chi connectivity index (χ1v) is 5.99. The number of nitrogens with one attached hydrogen (secondary N) is 2. The molecule has 0 fully saturated rings. The standard InChI is InChI=1S/C14H19N3O/c1-9-5-10(2)14(18-4)11(6-9)13-12(7-15-3)16-8-17-13/h5-6,8,15H,7H2,1-4H3,(H,16,17). The van der Waals surface area contributed by atoms with Crippen LogP contribution in [0.4, 0.5) is 0 Å². The van der Waals surface area contributed by atoms with E-state index < -0.39 is 0 Å². The first-order valence-electron chi connectivity index (χ1n) is 5.99. The SMILES string of the molecule is CNCc1[nH]cnc1-c1cc(C)cc(C)c1OC. The highest BCUT2D eigenvalue weighted by Crippen LogP contribution is 2.34. The molecule has 0 saturated heterocycles. The second kappa shape index (κ2) is 5.23. The van der Waals surface area contributed by atoms with Crippen molar-refractivity contribution < 1.29 is 4.74 Å². The molecule has 0 spiro atoms. The number of H-pyrrole nitrogens is 1. The molecule has 0 unspecified atom stereocenters. The lowest BCUT2D eigenvalue weighted by atomic mass is 10.0. The minimum Gasteiger partial charge on any atom is -0.496 e. The Morgan fingerprint density at radius 1 is 1.33 bits per heavy atom. The fourth-order valence-electron chi connectivity index (χ4n) is 2.27. The summed E-state index contributed by atoms with van der Waals surface area (Å²) in [5.41, 5.74) is 5.41. The summed E-state index contributed by atoms with van der Waals surface area (Å²) in [7, 11) is 3.62. The Morgan fingerprint density at radius 3 is 2.78 bits per heavy atom. The number of methoxy groups -OCH3 is 1. The van der Waals surface area contributed by atoms with E-state index in [0.717, 1.165) is 34.8 Å². The average Bonchev–Trinajstić information content (AvgIpc) is 2.76. The third kappa shape index (κ3) is 2.24. The van der Waals surface area contributed by atoms with Crippen LogP contribution in [0.15, 0.2) is 18.5 Å². The molecule has 0 bridgehead atoms. The Kier molecular flexibility index (Phi) is 3.67. The molecule has 2 N–H and O–H groups in total. The van der Waals surface area contributed by atoms with Crippen LogP contribution in [0.1, 0.15) is 16.8 Å². The summed E-state index contributed by atoms with van der Waals surface area (Å²) in [5.74, 6) is 0.894. The first kappa shape index (κ1) is 12.6. The quantitative estimate of drug-likeness (QED) is 0.869. The molecular weight excluding hydrogens is 226 g/mol. The van der Waals surface area contributed by atoms with E-state index in [9.17, 15) is 0 Å². The molecule has 2 rings (SSSR count). The van der Waals surface area contributed by atoms with E-state index in [1.54, 1.807) is 13.4 Å². The van der Waals surface area contributed by atoms with Gasteiger partial charge in [-0.05, 0) is 38.1 Å². The normalized spacial score (nSPS) is 10.7. The Bertz CT molecular complexity index is 546. The summed E-state index contributed by atoms with van der Waals surface area (Å²) in [4.78, 5) is 7.59. The molecule has 1 aromatic carbocycles. The van der Waals surface area contributed by atoms with E-state index in [-0.39, 0.29) is 0 Å². The van der Waals surface area contributed by atoms with Gasteiger partial charge in [0, 0.05) is 12.1 Å². The molecule has 0 saturated carbocycles. The Hall–Kier alpha value is -1.81. The van der Waals surface area contributed by atoms with Crippen LogP contribution in [-0.4, -0.2) is 24.1 Å². The number of benzene rings is 1. The maximum absolute atomic E-state index is 5.51. The largest absolute Gasteiger partial charge is 0.496 e. The van der Waals surface area contributed by atoms with Gasteiger partial charge in [0.15, 0.2) is 0 Å². The number of aromatic amines is 1. The van der Waals surface area contributed by atoms with Crippen molar-refractivity contribution in [1.29, 1.82) is 0 Å². The van der Waals surface area contributed by atoms with Gasteiger partial charge >= 0.3 is 0 Å². The van der Waals surface area contributed by atoms with Gasteiger partial charge in [-0.2, -0.15) is 0 Å². The predicted molar refractivity (Wildman–Crippen MR) is 72.8 cm³/mol. The molecule has 96 valence electrons. The molecule has 0 amide bonds. The van der Waals surface area contributed by atoms with Crippen molar-refractivity contribution >= 4 is 0 Å². The van der Waals surface area contributed by atoms with Gasteiger partial charge in [0.2, 0.25) is 0 Å². The minimum absolute atomic E-state index is 0.755. The molecule has 0 aliphatic rings. The van der Waals surface area contributed by atoms with Crippen molar-refractivity contribution in [3.05, 3.63) is 35.3 Å². The Balaban J connectivity index is 2.58. The lowest BCUT2D eigenvalue weighted by Gasteiger charge is -2.12. The van der Waals surface area contributed by atoms with Crippen molar-refractivity contribution in [3.63, 3.8) is 0 Å².